The van der Waals surface area contributed by atoms with Crippen LogP contribution in [0.25, 0.3) is 0 Å². The van der Waals surface area contributed by atoms with Crippen molar-refractivity contribution < 1.29 is 18.0 Å². The molecule has 1 heterocycles. The van der Waals surface area contributed by atoms with E-state index in [0.717, 1.165) is 29.7 Å². The SMILES string of the molecule is O=C(c1cc2c(s1)CCC2)c1c(F)cc(F)cc1F. The molecule has 5 heteroatoms. The molecule has 0 spiro atoms. The van der Waals surface area contributed by atoms with Gasteiger partial charge < -0.3 is 0 Å². The molecule has 1 aliphatic rings. The third-order valence-electron chi connectivity index (χ3n) is 3.20. The highest BCUT2D eigenvalue weighted by atomic mass is 32.1. The number of aryl methyl sites for hydroxylation is 2. The summed E-state index contributed by atoms with van der Waals surface area (Å²) >= 11 is 1.27. The Morgan fingerprint density at radius 2 is 1.74 bits per heavy atom. The number of thiophene rings is 1. The predicted molar refractivity (Wildman–Crippen MR) is 66.1 cm³/mol. The minimum absolute atomic E-state index is 0.314. The number of fused-ring (bicyclic) bond motifs is 1. The van der Waals surface area contributed by atoms with E-state index in [1.54, 1.807) is 6.07 Å². The second-order valence-corrected chi connectivity index (χ2v) is 5.62. The minimum Gasteiger partial charge on any atom is -0.287 e. The molecule has 98 valence electrons. The maximum absolute atomic E-state index is 13.6. The number of hydrogen-bond donors (Lipinski definition) is 0. The fourth-order valence-corrected chi connectivity index (χ4v) is 3.52. The first-order valence-electron chi connectivity index (χ1n) is 5.87. The van der Waals surface area contributed by atoms with Crippen molar-refractivity contribution in [2.45, 2.75) is 19.3 Å². The summed E-state index contributed by atoms with van der Waals surface area (Å²) in [5, 5.41) is 0. The van der Waals surface area contributed by atoms with Gasteiger partial charge in [-0.15, -0.1) is 11.3 Å². The van der Waals surface area contributed by atoms with Crippen LogP contribution in [-0.4, -0.2) is 5.78 Å². The van der Waals surface area contributed by atoms with Gasteiger partial charge in [0.05, 0.1) is 10.4 Å². The first-order valence-corrected chi connectivity index (χ1v) is 6.68. The third-order valence-corrected chi connectivity index (χ3v) is 4.44. The second kappa shape index (κ2) is 4.49. The van der Waals surface area contributed by atoms with Crippen LogP contribution in [0.3, 0.4) is 0 Å². The standard InChI is InChI=1S/C14H9F3OS/c15-8-5-9(16)13(10(17)6-8)14(18)12-4-7-2-1-3-11(7)19-12/h4-6H,1-3H2. The Hall–Kier alpha value is -1.62. The summed E-state index contributed by atoms with van der Waals surface area (Å²) in [6.45, 7) is 0. The highest BCUT2D eigenvalue weighted by molar-refractivity contribution is 7.14. The summed E-state index contributed by atoms with van der Waals surface area (Å²) in [6, 6.07) is 2.74. The first kappa shape index (κ1) is 12.4. The van der Waals surface area contributed by atoms with Crippen LogP contribution < -0.4 is 0 Å². The van der Waals surface area contributed by atoms with Crippen molar-refractivity contribution in [3.8, 4) is 0 Å². The van der Waals surface area contributed by atoms with Crippen molar-refractivity contribution in [1.29, 1.82) is 0 Å². The van der Waals surface area contributed by atoms with E-state index in [-0.39, 0.29) is 0 Å². The molecule has 1 aliphatic carbocycles. The van der Waals surface area contributed by atoms with Gasteiger partial charge in [-0.3, -0.25) is 4.79 Å². The zero-order valence-corrected chi connectivity index (χ0v) is 10.6. The molecule has 19 heavy (non-hydrogen) atoms. The van der Waals surface area contributed by atoms with Crippen molar-refractivity contribution in [3.63, 3.8) is 0 Å². The lowest BCUT2D eigenvalue weighted by Crippen LogP contribution is -2.06. The maximum atomic E-state index is 13.6. The van der Waals surface area contributed by atoms with E-state index < -0.39 is 28.8 Å². The average Bonchev–Trinajstić information content (AvgIpc) is 2.86. The molecule has 3 rings (SSSR count). The molecule has 1 aromatic heterocycles. The summed E-state index contributed by atoms with van der Waals surface area (Å²) in [6.07, 6.45) is 2.85. The van der Waals surface area contributed by atoms with Crippen molar-refractivity contribution in [2.75, 3.05) is 0 Å². The van der Waals surface area contributed by atoms with Gasteiger partial charge in [0.25, 0.3) is 0 Å². The quantitative estimate of drug-likeness (QED) is 0.764. The smallest absolute Gasteiger partial charge is 0.208 e. The Labute approximate surface area is 111 Å². The summed E-state index contributed by atoms with van der Waals surface area (Å²) in [5.74, 6) is -4.05. The van der Waals surface area contributed by atoms with Crippen LogP contribution in [0.15, 0.2) is 18.2 Å². The molecule has 0 N–H and O–H groups in total. The maximum Gasteiger partial charge on any atom is 0.208 e. The fourth-order valence-electron chi connectivity index (χ4n) is 2.32. The number of carbonyl (C=O) groups excluding carboxylic acids is 1. The zero-order chi connectivity index (χ0) is 13.6. The molecule has 0 aliphatic heterocycles. The molecule has 2 aromatic rings. The van der Waals surface area contributed by atoms with Crippen LogP contribution in [0.5, 0.6) is 0 Å². The zero-order valence-electron chi connectivity index (χ0n) is 9.80. The molecule has 0 unspecified atom stereocenters. The molecular weight excluding hydrogens is 273 g/mol. The monoisotopic (exact) mass is 282 g/mol. The van der Waals surface area contributed by atoms with Crippen LogP contribution >= 0.6 is 11.3 Å². The topological polar surface area (TPSA) is 17.1 Å². The van der Waals surface area contributed by atoms with E-state index in [0.29, 0.717) is 17.0 Å². The molecule has 0 amide bonds. The number of benzene rings is 1. The second-order valence-electron chi connectivity index (χ2n) is 4.49. The fraction of sp³-hybridized carbons (Fsp3) is 0.214. The van der Waals surface area contributed by atoms with E-state index in [1.807, 2.05) is 0 Å². The van der Waals surface area contributed by atoms with E-state index >= 15 is 0 Å². The summed E-state index contributed by atoms with van der Waals surface area (Å²) in [5.41, 5.74) is 0.401. The van der Waals surface area contributed by atoms with Gasteiger partial charge in [-0.05, 0) is 30.9 Å². The Kier molecular flexibility index (Phi) is 2.93. The van der Waals surface area contributed by atoms with Gasteiger partial charge in [0, 0.05) is 17.0 Å². The molecule has 0 saturated carbocycles. The Bertz CT molecular complexity index is 631. The predicted octanol–water partition coefficient (Wildman–Crippen LogP) is 3.89. The molecule has 0 radical (unpaired) electrons. The van der Waals surface area contributed by atoms with Crippen LogP contribution in [0, 0.1) is 17.5 Å². The van der Waals surface area contributed by atoms with Gasteiger partial charge in [-0.2, -0.15) is 0 Å². The normalized spacial score (nSPS) is 13.6. The molecule has 0 saturated heterocycles. The van der Waals surface area contributed by atoms with Crippen molar-refractivity contribution in [3.05, 3.63) is 56.5 Å². The molecule has 1 nitrogen and oxygen atoms in total. The Morgan fingerprint density at radius 1 is 1.05 bits per heavy atom. The number of hydrogen-bond acceptors (Lipinski definition) is 2. The van der Waals surface area contributed by atoms with Gasteiger partial charge in [0.2, 0.25) is 5.78 Å². The lowest BCUT2D eigenvalue weighted by atomic mass is 10.1. The van der Waals surface area contributed by atoms with Crippen LogP contribution in [0.1, 0.15) is 32.1 Å². The number of carbonyl (C=O) groups is 1. The summed E-state index contributed by atoms with van der Waals surface area (Å²) in [4.78, 5) is 13.5. The highest BCUT2D eigenvalue weighted by Crippen LogP contribution is 2.32. The van der Waals surface area contributed by atoms with Gasteiger partial charge in [0.15, 0.2) is 0 Å². The molecule has 1 aromatic carbocycles. The summed E-state index contributed by atoms with van der Waals surface area (Å²) < 4.78 is 39.9. The van der Waals surface area contributed by atoms with E-state index in [1.165, 1.54) is 11.3 Å². The number of ketones is 1. The van der Waals surface area contributed by atoms with Crippen LogP contribution in [0.4, 0.5) is 13.2 Å². The van der Waals surface area contributed by atoms with Crippen LogP contribution in [0.2, 0.25) is 0 Å². The third kappa shape index (κ3) is 2.08. The Morgan fingerprint density at radius 3 is 2.37 bits per heavy atom. The Balaban J connectivity index is 2.04. The highest BCUT2D eigenvalue weighted by Gasteiger charge is 2.24. The average molecular weight is 282 g/mol. The van der Waals surface area contributed by atoms with E-state index in [9.17, 15) is 18.0 Å². The van der Waals surface area contributed by atoms with Gasteiger partial charge in [-0.25, -0.2) is 13.2 Å². The molecule has 0 bridgehead atoms. The number of halogens is 3. The van der Waals surface area contributed by atoms with Gasteiger partial charge in [-0.1, -0.05) is 0 Å². The van der Waals surface area contributed by atoms with Gasteiger partial charge in [0.1, 0.15) is 17.5 Å². The largest absolute Gasteiger partial charge is 0.287 e. The lowest BCUT2D eigenvalue weighted by molar-refractivity contribution is 0.103. The molecule has 0 fully saturated rings. The van der Waals surface area contributed by atoms with E-state index in [4.69, 9.17) is 0 Å². The summed E-state index contributed by atoms with van der Waals surface area (Å²) in [7, 11) is 0. The van der Waals surface area contributed by atoms with Crippen molar-refractivity contribution >= 4 is 17.1 Å². The minimum atomic E-state index is -1.16. The van der Waals surface area contributed by atoms with E-state index in [2.05, 4.69) is 0 Å². The lowest BCUT2D eigenvalue weighted by Gasteiger charge is -2.03. The van der Waals surface area contributed by atoms with Crippen molar-refractivity contribution in [1.82, 2.24) is 0 Å². The number of rotatable bonds is 2. The molecular formula is C14H9F3OS. The first-order chi connectivity index (χ1) is 9.06. The van der Waals surface area contributed by atoms with Crippen molar-refractivity contribution in [2.24, 2.45) is 0 Å². The van der Waals surface area contributed by atoms with Gasteiger partial charge >= 0.3 is 0 Å². The molecule has 0 atom stereocenters. The van der Waals surface area contributed by atoms with Crippen LogP contribution in [-0.2, 0) is 12.8 Å².